The lowest BCUT2D eigenvalue weighted by molar-refractivity contribution is -0.143. The topological polar surface area (TPSA) is 667 Å². The van der Waals surface area contributed by atoms with Crippen molar-refractivity contribution in [3.8, 4) is 5.75 Å². The van der Waals surface area contributed by atoms with Crippen LogP contribution in [-0.2, 0) is 94.3 Å². The van der Waals surface area contributed by atoms with Gasteiger partial charge in [0, 0.05) is 38.8 Å². The summed E-state index contributed by atoms with van der Waals surface area (Å²) in [5.74, 6) is -18.4. The van der Waals surface area contributed by atoms with Crippen molar-refractivity contribution in [2.45, 2.75) is 250 Å². The number of aliphatic hydroxyl groups is 1. The second-order valence-corrected chi connectivity index (χ2v) is 30.2. The van der Waals surface area contributed by atoms with E-state index in [1.807, 2.05) is 30.3 Å². The van der Waals surface area contributed by atoms with Crippen LogP contribution in [0.15, 0.2) is 59.6 Å². The van der Waals surface area contributed by atoms with E-state index in [4.69, 9.17) is 34.4 Å². The Hall–Kier alpha value is -11.6. The summed E-state index contributed by atoms with van der Waals surface area (Å²) >= 11 is 0. The first kappa shape index (κ1) is 98.6. The highest BCUT2D eigenvalue weighted by Crippen LogP contribution is 2.23. The van der Waals surface area contributed by atoms with Crippen molar-refractivity contribution in [3.05, 3.63) is 65.7 Å². The summed E-state index contributed by atoms with van der Waals surface area (Å²) in [5, 5.41) is 60.8. The average Bonchev–Trinajstić information content (AvgIpc) is 1.63. The molecule has 1 aliphatic heterocycles. The van der Waals surface area contributed by atoms with Crippen molar-refractivity contribution in [3.63, 3.8) is 0 Å². The van der Waals surface area contributed by atoms with Gasteiger partial charge in [-0.15, -0.1) is 0 Å². The van der Waals surface area contributed by atoms with Crippen LogP contribution in [0.5, 0.6) is 5.75 Å². The molecule has 16 amide bonds. The summed E-state index contributed by atoms with van der Waals surface area (Å²) in [5.41, 5.74) is 34.6. The number of carboxylic acids is 1. The number of nitrogens with one attached hydrogen (secondary N) is 12. The number of phenolic OH excluding ortho intramolecular Hbond substituents is 1. The lowest BCUT2D eigenvalue weighted by Gasteiger charge is -2.32. The highest BCUT2D eigenvalue weighted by Gasteiger charge is 2.42. The lowest BCUT2D eigenvalue weighted by Crippen LogP contribution is -2.62. The van der Waals surface area contributed by atoms with E-state index in [1.165, 1.54) is 36.1 Å². The number of guanidine groups is 1. The molecule has 116 heavy (non-hydrogen) atoms. The number of hydrogen-bond donors (Lipinski definition) is 21. The van der Waals surface area contributed by atoms with E-state index in [0.717, 1.165) is 12.5 Å². The quantitative estimate of drug-likeness (QED) is 0.0168. The molecule has 27 N–H and O–H groups in total. The predicted molar refractivity (Wildman–Crippen MR) is 422 cm³/mol. The standard InChI is InChI=1S/C76H120N20O20/c1-11-41(8)61(94-72(113)55-20-16-32-96(55)75(116)60(40(6)7)93-65(106)47(77)35-44-17-13-12-14-18-44)73(114)85-42(9)64(105)95-62(43(10)97)74(115)92-54(36-45-21-23-46(98)24-22-45)66(107)84-37-58(101)86-50(27-30-59(102)103)68(109)91-53(34-39(4)5)71(112)89-51(26-29-57(79)100)69(110)88-49(19-15-31-83-76(81)82)67(108)90-52(33-38(2)3)70(111)87-48(63(80)104)25-28-56(78)99/h12-14,17-18,21-24,38-43,47-55,60-62,97-98H,11,15-16,19-20,25-37,77H2,1-10H3,(H2,78,99)(H2,79,100)(H2,80,104)(H,84,107)(H,85,114)(H,86,101)(H,87,111)(H,88,110)(H,89,112)(H,90,108)(H,91,109)(H,92,115)(H,93,106)(H,94,113)(H,95,105)(H,102,103)(H4,81,82,83)/t41-,42-,43+,47-,48-,49-,50-,51-,52-,53-,54-,55-,60-,61-,62-/m0/s1. The number of phenols is 1. The van der Waals surface area contributed by atoms with Gasteiger partial charge in [0.25, 0.3) is 0 Å². The smallest absolute Gasteiger partial charge is 0.303 e. The summed E-state index contributed by atoms with van der Waals surface area (Å²) in [4.78, 5) is 236. The molecule has 40 nitrogen and oxygen atoms in total. The number of aromatic hydroxyl groups is 1. The van der Waals surface area contributed by atoms with Crippen molar-refractivity contribution >= 4 is 106 Å². The number of hydrogen-bond acceptors (Lipinski definition) is 21. The fraction of sp³-hybridized carbons (Fsp3) is 0.605. The third-order valence-corrected chi connectivity index (χ3v) is 19.0. The molecule has 2 aromatic rings. The highest BCUT2D eigenvalue weighted by atomic mass is 16.4. The van der Waals surface area contributed by atoms with Crippen LogP contribution in [0.4, 0.5) is 0 Å². The normalized spacial score (nSPS) is 16.1. The number of nitrogens with zero attached hydrogens (tertiary/aromatic N) is 2. The maximum Gasteiger partial charge on any atom is 0.303 e. The molecule has 2 aromatic carbocycles. The van der Waals surface area contributed by atoms with Gasteiger partial charge in [0.05, 0.1) is 18.7 Å². The molecular weight excluding hydrogens is 1510 g/mol. The molecule has 0 aliphatic carbocycles. The Bertz CT molecular complexity index is 3750. The molecule has 3 rings (SSSR count). The third-order valence-electron chi connectivity index (χ3n) is 19.0. The Morgan fingerprint density at radius 3 is 1.47 bits per heavy atom. The van der Waals surface area contributed by atoms with Crippen LogP contribution < -0.4 is 98.2 Å². The van der Waals surface area contributed by atoms with Crippen LogP contribution in [0.1, 0.15) is 164 Å². The molecule has 1 saturated heterocycles. The largest absolute Gasteiger partial charge is 0.508 e. The van der Waals surface area contributed by atoms with E-state index in [2.05, 4.69) is 68.8 Å². The molecule has 1 aliphatic rings. The molecule has 40 heteroatoms. The summed E-state index contributed by atoms with van der Waals surface area (Å²) in [7, 11) is 0. The van der Waals surface area contributed by atoms with Crippen molar-refractivity contribution in [1.82, 2.24) is 68.7 Å². The van der Waals surface area contributed by atoms with E-state index in [9.17, 15) is 96.8 Å². The van der Waals surface area contributed by atoms with Gasteiger partial charge in [-0.2, -0.15) is 0 Å². The number of likely N-dealkylation sites (tertiary alicyclic amines) is 1. The zero-order chi connectivity index (χ0) is 87.4. The molecule has 1 heterocycles. The molecule has 15 atom stereocenters. The van der Waals surface area contributed by atoms with E-state index >= 15 is 0 Å². The van der Waals surface area contributed by atoms with Crippen LogP contribution in [0.3, 0.4) is 0 Å². The van der Waals surface area contributed by atoms with Crippen molar-refractivity contribution in [2.24, 2.45) is 63.1 Å². The molecule has 0 radical (unpaired) electrons. The number of aliphatic hydroxyl groups excluding tert-OH is 1. The predicted octanol–water partition coefficient (Wildman–Crippen LogP) is -4.93. The minimum atomic E-state index is -1.85. The van der Waals surface area contributed by atoms with Crippen LogP contribution in [-0.4, -0.2) is 231 Å². The van der Waals surface area contributed by atoms with Crippen LogP contribution in [0.2, 0.25) is 0 Å². The van der Waals surface area contributed by atoms with Crippen LogP contribution in [0, 0.1) is 23.7 Å². The molecule has 0 unspecified atom stereocenters. The highest BCUT2D eigenvalue weighted by molar-refractivity contribution is 6.00. The summed E-state index contributed by atoms with van der Waals surface area (Å²) in [6.45, 7) is 15.2. The minimum absolute atomic E-state index is 0.0232. The first-order valence-corrected chi connectivity index (χ1v) is 38.7. The van der Waals surface area contributed by atoms with Crippen LogP contribution >= 0.6 is 0 Å². The Labute approximate surface area is 673 Å². The third kappa shape index (κ3) is 35.0. The number of carbonyl (C=O) groups excluding carboxylic acids is 16. The number of amides is 16. The van der Waals surface area contributed by atoms with E-state index in [-0.39, 0.29) is 88.5 Å². The lowest BCUT2D eigenvalue weighted by atomic mass is 9.97. The van der Waals surface area contributed by atoms with Gasteiger partial charge < -0.3 is 118 Å². The van der Waals surface area contributed by atoms with Gasteiger partial charge in [0.2, 0.25) is 94.5 Å². The Morgan fingerprint density at radius 1 is 0.500 bits per heavy atom. The van der Waals surface area contributed by atoms with Gasteiger partial charge in [0.1, 0.15) is 78.3 Å². The molecule has 0 bridgehead atoms. The Morgan fingerprint density at radius 2 is 0.974 bits per heavy atom. The number of benzene rings is 2. The van der Waals surface area contributed by atoms with Gasteiger partial charge in [0.15, 0.2) is 5.96 Å². The second-order valence-electron chi connectivity index (χ2n) is 30.2. The number of carbonyl (C=O) groups is 17. The number of aliphatic carboxylic acids is 1. The number of primary amides is 3. The van der Waals surface area contributed by atoms with E-state index in [1.54, 1.807) is 55.4 Å². The summed E-state index contributed by atoms with van der Waals surface area (Å²) in [6.07, 6.45) is -4.22. The second kappa shape index (κ2) is 49.2. The van der Waals surface area contributed by atoms with Crippen molar-refractivity contribution in [2.75, 3.05) is 19.6 Å². The number of rotatable bonds is 51. The van der Waals surface area contributed by atoms with Crippen LogP contribution in [0.25, 0.3) is 0 Å². The maximum atomic E-state index is 14.4. The van der Waals surface area contributed by atoms with E-state index < -0.39 is 235 Å². The first-order chi connectivity index (χ1) is 54.4. The monoisotopic (exact) mass is 1630 g/mol. The van der Waals surface area contributed by atoms with Crippen molar-refractivity contribution < 1.29 is 96.8 Å². The number of carboxylic acid groups (broad SMARTS) is 1. The summed E-state index contributed by atoms with van der Waals surface area (Å²) in [6, 6.07) is -4.24. The molecular formula is C76H120N20O20. The molecule has 0 aromatic heterocycles. The van der Waals surface area contributed by atoms with Gasteiger partial charge >= 0.3 is 5.97 Å². The number of aliphatic imine (C=N–C) groups is 1. The number of nitrogens with two attached hydrogens (primary N) is 6. The fourth-order valence-corrected chi connectivity index (χ4v) is 12.3. The molecule has 0 saturated carbocycles. The maximum absolute atomic E-state index is 14.4. The Kier molecular flexibility index (Phi) is 41.9. The van der Waals surface area contributed by atoms with E-state index in [0.29, 0.717) is 18.4 Å². The fourth-order valence-electron chi connectivity index (χ4n) is 12.3. The minimum Gasteiger partial charge on any atom is -0.508 e. The molecule has 0 spiro atoms. The van der Waals surface area contributed by atoms with Crippen molar-refractivity contribution in [1.29, 1.82) is 0 Å². The zero-order valence-electron chi connectivity index (χ0n) is 67.5. The van der Waals surface area contributed by atoms with Gasteiger partial charge in [-0.05, 0) is 125 Å². The first-order valence-electron chi connectivity index (χ1n) is 38.7. The zero-order valence-corrected chi connectivity index (χ0v) is 67.5. The SMILES string of the molecule is CC[C@H](C)[C@H](NC(=O)[C@@H]1CCCN1C(=O)[C@@H](NC(=O)[C@@H](N)Cc1ccccc1)C(C)C)C(=O)N[C@@H](C)C(=O)N[C@H](C(=O)N[C@@H](Cc1ccc(O)cc1)C(=O)NCC(=O)N[C@@H](CCC(=O)O)C(=O)N[C@@H](CC(C)C)C(=O)N[C@@H](CCC(N)=O)C(=O)N[C@@H](CCCN=C(N)N)C(=O)N[C@@H](CC(C)C)C(=O)N[C@@H](CCC(N)=O)C(N)=O)[C@@H](C)O. The van der Waals surface area contributed by atoms with Gasteiger partial charge in [-0.3, -0.25) is 86.5 Å². The van der Waals surface area contributed by atoms with Gasteiger partial charge in [-0.1, -0.05) is 104 Å². The average molecular weight is 1630 g/mol. The summed E-state index contributed by atoms with van der Waals surface area (Å²) < 4.78 is 0. The molecule has 1 fully saturated rings. The molecule has 644 valence electrons. The van der Waals surface area contributed by atoms with Gasteiger partial charge in [-0.25, -0.2) is 0 Å². The Balaban J connectivity index is 1.85.